The number of aliphatic imine (C=N–C) groups is 1. The fourth-order valence-corrected chi connectivity index (χ4v) is 2.62. The van der Waals surface area contributed by atoms with Crippen molar-refractivity contribution in [1.82, 2.24) is 10.2 Å². The average molecular weight is 199 g/mol. The third kappa shape index (κ3) is 2.17. The Balaban J connectivity index is 1.78. The highest BCUT2D eigenvalue weighted by Crippen LogP contribution is 2.17. The van der Waals surface area contributed by atoms with Gasteiger partial charge in [0.2, 0.25) is 0 Å². The molecule has 1 unspecified atom stereocenters. The number of nitrogens with zero attached hydrogens (tertiary/aromatic N) is 2. The molecule has 74 valence electrons. The minimum absolute atomic E-state index is 0.556. The van der Waals surface area contributed by atoms with Crippen LogP contribution >= 0.6 is 11.8 Å². The number of likely N-dealkylation sites (N-methyl/N-ethyl adjacent to an activating group) is 1. The number of amidine groups is 1. The molecule has 13 heavy (non-hydrogen) atoms. The highest BCUT2D eigenvalue weighted by atomic mass is 32.2. The molecule has 0 spiro atoms. The molecule has 0 aromatic heterocycles. The van der Waals surface area contributed by atoms with E-state index in [1.165, 1.54) is 12.3 Å². The molecular weight excluding hydrogens is 182 g/mol. The minimum atomic E-state index is 0.556. The topological polar surface area (TPSA) is 27.6 Å². The summed E-state index contributed by atoms with van der Waals surface area (Å²) in [4.78, 5) is 7.07. The average Bonchev–Trinajstić information content (AvgIpc) is 2.43. The Hall–Kier alpha value is -0.220. The number of thioether (sulfide) groups is 1. The number of hydrogen-bond donors (Lipinski definition) is 1. The van der Waals surface area contributed by atoms with E-state index < -0.39 is 0 Å². The molecule has 0 aliphatic carbocycles. The predicted molar refractivity (Wildman–Crippen MR) is 58.4 cm³/mol. The molecule has 0 amide bonds. The van der Waals surface area contributed by atoms with Gasteiger partial charge in [-0.1, -0.05) is 18.7 Å². The zero-order chi connectivity index (χ0) is 9.26. The Morgan fingerprint density at radius 1 is 1.62 bits per heavy atom. The van der Waals surface area contributed by atoms with E-state index in [1.54, 1.807) is 0 Å². The third-order valence-electron chi connectivity index (χ3n) is 2.52. The van der Waals surface area contributed by atoms with Crippen molar-refractivity contribution in [1.29, 1.82) is 0 Å². The number of nitrogens with one attached hydrogen (secondary N) is 1. The summed E-state index contributed by atoms with van der Waals surface area (Å²) in [6.07, 6.45) is 0. The summed E-state index contributed by atoms with van der Waals surface area (Å²) in [6, 6.07) is 1.16. The maximum atomic E-state index is 4.66. The monoisotopic (exact) mass is 199 g/mol. The Bertz CT molecular complexity index is 211. The van der Waals surface area contributed by atoms with Gasteiger partial charge in [0.15, 0.2) is 5.17 Å². The number of likely N-dealkylation sites (tertiary alicyclic amines) is 1. The van der Waals surface area contributed by atoms with Gasteiger partial charge in [0, 0.05) is 24.9 Å². The zero-order valence-corrected chi connectivity index (χ0v) is 9.10. The summed E-state index contributed by atoms with van der Waals surface area (Å²) in [5.41, 5.74) is 0. The van der Waals surface area contributed by atoms with Gasteiger partial charge in [0.05, 0.1) is 6.04 Å². The van der Waals surface area contributed by atoms with Crippen LogP contribution < -0.4 is 5.32 Å². The van der Waals surface area contributed by atoms with Crippen LogP contribution in [0.3, 0.4) is 0 Å². The first-order valence-electron chi connectivity index (χ1n) is 4.97. The van der Waals surface area contributed by atoms with E-state index in [0.29, 0.717) is 12.1 Å². The van der Waals surface area contributed by atoms with Crippen molar-refractivity contribution in [3.05, 3.63) is 0 Å². The summed E-state index contributed by atoms with van der Waals surface area (Å²) in [5.74, 6) is 1.17. The molecule has 0 aromatic rings. The molecule has 0 radical (unpaired) electrons. The van der Waals surface area contributed by atoms with E-state index >= 15 is 0 Å². The van der Waals surface area contributed by atoms with Gasteiger partial charge < -0.3 is 5.32 Å². The first kappa shape index (κ1) is 9.34. The van der Waals surface area contributed by atoms with Crippen molar-refractivity contribution >= 4 is 16.9 Å². The lowest BCUT2D eigenvalue weighted by atomic mass is 10.1. The smallest absolute Gasteiger partial charge is 0.157 e. The molecule has 2 aliphatic heterocycles. The van der Waals surface area contributed by atoms with Gasteiger partial charge in [0.1, 0.15) is 0 Å². The van der Waals surface area contributed by atoms with Crippen molar-refractivity contribution in [3.63, 3.8) is 0 Å². The van der Waals surface area contributed by atoms with Gasteiger partial charge in [-0.3, -0.25) is 9.89 Å². The molecule has 2 heterocycles. The van der Waals surface area contributed by atoms with Crippen LogP contribution in [0.5, 0.6) is 0 Å². The van der Waals surface area contributed by atoms with Crippen LogP contribution in [-0.4, -0.2) is 47.5 Å². The predicted octanol–water partition coefficient (Wildman–Crippen LogP) is 0.771. The second-order valence-electron chi connectivity index (χ2n) is 3.80. The fourth-order valence-electron chi connectivity index (χ4n) is 1.62. The van der Waals surface area contributed by atoms with Crippen LogP contribution in [0.15, 0.2) is 4.99 Å². The lowest BCUT2D eigenvalue weighted by Gasteiger charge is -2.35. The van der Waals surface area contributed by atoms with Crippen molar-refractivity contribution < 1.29 is 0 Å². The molecule has 2 rings (SSSR count). The van der Waals surface area contributed by atoms with Crippen molar-refractivity contribution in [2.24, 2.45) is 4.99 Å². The Morgan fingerprint density at radius 3 is 2.92 bits per heavy atom. The van der Waals surface area contributed by atoms with Crippen LogP contribution in [0.2, 0.25) is 0 Å². The second kappa shape index (κ2) is 3.88. The van der Waals surface area contributed by atoms with Crippen LogP contribution in [0.1, 0.15) is 13.8 Å². The molecule has 0 bridgehead atoms. The van der Waals surface area contributed by atoms with Gasteiger partial charge in [-0.2, -0.15) is 0 Å². The first-order valence-corrected chi connectivity index (χ1v) is 5.96. The van der Waals surface area contributed by atoms with Gasteiger partial charge in [0.25, 0.3) is 0 Å². The van der Waals surface area contributed by atoms with E-state index in [1.807, 2.05) is 11.8 Å². The van der Waals surface area contributed by atoms with E-state index in [0.717, 1.165) is 18.3 Å². The molecular formula is C9H17N3S. The van der Waals surface area contributed by atoms with Crippen LogP contribution in [-0.2, 0) is 0 Å². The van der Waals surface area contributed by atoms with Crippen LogP contribution in [0, 0.1) is 0 Å². The maximum absolute atomic E-state index is 4.66. The lowest BCUT2D eigenvalue weighted by molar-refractivity contribution is 0.161. The van der Waals surface area contributed by atoms with Gasteiger partial charge in [-0.05, 0) is 13.5 Å². The van der Waals surface area contributed by atoms with Crippen LogP contribution in [0.25, 0.3) is 0 Å². The fraction of sp³-hybridized carbons (Fsp3) is 0.889. The first-order chi connectivity index (χ1) is 6.28. The Morgan fingerprint density at radius 2 is 2.38 bits per heavy atom. The third-order valence-corrected chi connectivity index (χ3v) is 3.69. The number of hydrogen-bond acceptors (Lipinski definition) is 3. The lowest BCUT2D eigenvalue weighted by Crippen LogP contribution is -2.50. The molecule has 2 aliphatic rings. The quantitative estimate of drug-likeness (QED) is 0.712. The summed E-state index contributed by atoms with van der Waals surface area (Å²) >= 11 is 1.86. The Labute approximate surface area is 84.0 Å². The van der Waals surface area contributed by atoms with Gasteiger partial charge in [-0.15, -0.1) is 0 Å². The number of rotatable bonds is 2. The maximum Gasteiger partial charge on any atom is 0.157 e. The standard InChI is InChI=1S/C9H17N3S/c1-3-12-4-8(5-12)11-9-10-7(2)6-13-9/h7-8H,3-6H2,1-2H3,(H,10,11). The zero-order valence-electron chi connectivity index (χ0n) is 8.29. The highest BCUT2D eigenvalue weighted by Gasteiger charge is 2.26. The van der Waals surface area contributed by atoms with E-state index in [2.05, 4.69) is 29.1 Å². The molecule has 1 atom stereocenters. The van der Waals surface area contributed by atoms with Crippen molar-refractivity contribution in [3.8, 4) is 0 Å². The molecule has 2 saturated heterocycles. The molecule has 0 aromatic carbocycles. The molecule has 3 nitrogen and oxygen atoms in total. The van der Waals surface area contributed by atoms with Gasteiger partial charge in [-0.25, -0.2) is 0 Å². The van der Waals surface area contributed by atoms with E-state index in [4.69, 9.17) is 0 Å². The van der Waals surface area contributed by atoms with Crippen molar-refractivity contribution in [2.45, 2.75) is 25.9 Å². The summed E-state index contributed by atoms with van der Waals surface area (Å²) in [5, 5.41) is 4.54. The molecule has 0 saturated carbocycles. The van der Waals surface area contributed by atoms with Crippen LogP contribution in [0.4, 0.5) is 0 Å². The van der Waals surface area contributed by atoms with E-state index in [9.17, 15) is 0 Å². The molecule has 1 N–H and O–H groups in total. The highest BCUT2D eigenvalue weighted by molar-refractivity contribution is 8.14. The van der Waals surface area contributed by atoms with E-state index in [-0.39, 0.29) is 0 Å². The molecule has 4 heteroatoms. The minimum Gasteiger partial charge on any atom is -0.362 e. The summed E-state index contributed by atoms with van der Waals surface area (Å²) < 4.78 is 0. The summed E-state index contributed by atoms with van der Waals surface area (Å²) in [7, 11) is 0. The second-order valence-corrected chi connectivity index (χ2v) is 4.81. The van der Waals surface area contributed by atoms with Crippen molar-refractivity contribution in [2.75, 3.05) is 25.4 Å². The SMILES string of the molecule is CCN1CC(N=C2NC(C)CS2)C1. The Kier molecular flexibility index (Phi) is 2.79. The molecule has 2 fully saturated rings. The largest absolute Gasteiger partial charge is 0.362 e. The summed E-state index contributed by atoms with van der Waals surface area (Å²) in [6.45, 7) is 7.87. The normalized spacial score (nSPS) is 33.4. The van der Waals surface area contributed by atoms with Gasteiger partial charge >= 0.3 is 0 Å².